The number of amides is 2. The topological polar surface area (TPSA) is 75.4 Å². The van der Waals surface area contributed by atoms with Crippen molar-refractivity contribution in [1.29, 1.82) is 0 Å². The van der Waals surface area contributed by atoms with Gasteiger partial charge in [-0.15, -0.1) is 0 Å². The lowest BCUT2D eigenvalue weighted by Gasteiger charge is -2.30. The molecule has 1 aliphatic rings. The molecule has 1 N–H and O–H groups in total. The SMILES string of the molecule is O=C(NCc1ccncc1)C1CCN(C(=O)c2ccco2)CC1. The molecule has 0 saturated carbocycles. The number of likely N-dealkylation sites (tertiary alicyclic amines) is 1. The zero-order chi connectivity index (χ0) is 16.1. The van der Waals surface area contributed by atoms with E-state index >= 15 is 0 Å². The summed E-state index contributed by atoms with van der Waals surface area (Å²) in [6, 6.07) is 7.12. The molecule has 0 aliphatic carbocycles. The molecule has 1 fully saturated rings. The number of nitrogens with zero attached hydrogens (tertiary/aromatic N) is 2. The van der Waals surface area contributed by atoms with Gasteiger partial charge in [0.1, 0.15) is 0 Å². The van der Waals surface area contributed by atoms with Gasteiger partial charge in [-0.25, -0.2) is 0 Å². The van der Waals surface area contributed by atoms with Crippen molar-refractivity contribution in [3.05, 3.63) is 54.2 Å². The minimum Gasteiger partial charge on any atom is -0.459 e. The number of carbonyl (C=O) groups is 2. The highest BCUT2D eigenvalue weighted by Gasteiger charge is 2.28. The third kappa shape index (κ3) is 3.77. The summed E-state index contributed by atoms with van der Waals surface area (Å²) >= 11 is 0. The minimum absolute atomic E-state index is 0.0440. The van der Waals surface area contributed by atoms with Gasteiger partial charge in [-0.05, 0) is 42.7 Å². The van der Waals surface area contributed by atoms with Crippen LogP contribution in [0.1, 0.15) is 29.0 Å². The summed E-state index contributed by atoms with van der Waals surface area (Å²) in [5.41, 5.74) is 1.03. The number of pyridine rings is 1. The van der Waals surface area contributed by atoms with E-state index in [1.165, 1.54) is 6.26 Å². The molecule has 0 atom stereocenters. The molecular formula is C17H19N3O3. The maximum absolute atomic E-state index is 12.2. The molecular weight excluding hydrogens is 294 g/mol. The highest BCUT2D eigenvalue weighted by molar-refractivity contribution is 5.91. The van der Waals surface area contributed by atoms with Gasteiger partial charge in [-0.3, -0.25) is 14.6 Å². The van der Waals surface area contributed by atoms with Crippen LogP contribution in [0.4, 0.5) is 0 Å². The Morgan fingerprint density at radius 1 is 1.22 bits per heavy atom. The van der Waals surface area contributed by atoms with Crippen molar-refractivity contribution in [2.75, 3.05) is 13.1 Å². The summed E-state index contributed by atoms with van der Waals surface area (Å²) in [5, 5.41) is 2.95. The second-order valence-electron chi connectivity index (χ2n) is 5.62. The van der Waals surface area contributed by atoms with Crippen molar-refractivity contribution in [3.8, 4) is 0 Å². The van der Waals surface area contributed by atoms with Gasteiger partial charge in [0.05, 0.1) is 6.26 Å². The van der Waals surface area contributed by atoms with E-state index in [9.17, 15) is 9.59 Å². The van der Waals surface area contributed by atoms with Crippen molar-refractivity contribution in [2.24, 2.45) is 5.92 Å². The number of rotatable bonds is 4. The second-order valence-corrected chi connectivity index (χ2v) is 5.62. The third-order valence-corrected chi connectivity index (χ3v) is 4.10. The van der Waals surface area contributed by atoms with Crippen LogP contribution in [0.2, 0.25) is 0 Å². The van der Waals surface area contributed by atoms with E-state index in [0.29, 0.717) is 38.2 Å². The van der Waals surface area contributed by atoms with Gasteiger partial charge >= 0.3 is 0 Å². The van der Waals surface area contributed by atoms with E-state index in [1.807, 2.05) is 12.1 Å². The van der Waals surface area contributed by atoms with Crippen LogP contribution in [0.15, 0.2) is 47.3 Å². The maximum Gasteiger partial charge on any atom is 0.289 e. The summed E-state index contributed by atoms with van der Waals surface area (Å²) in [4.78, 5) is 30.1. The molecule has 3 heterocycles. The number of nitrogens with one attached hydrogen (secondary N) is 1. The quantitative estimate of drug-likeness (QED) is 0.934. The van der Waals surface area contributed by atoms with Gasteiger partial charge in [0.15, 0.2) is 5.76 Å². The fraction of sp³-hybridized carbons (Fsp3) is 0.353. The number of hydrogen-bond acceptors (Lipinski definition) is 4. The summed E-state index contributed by atoms with van der Waals surface area (Å²) in [6.45, 7) is 1.66. The Bertz CT molecular complexity index is 647. The fourth-order valence-corrected chi connectivity index (χ4v) is 2.74. The summed E-state index contributed by atoms with van der Waals surface area (Å²) < 4.78 is 5.13. The van der Waals surface area contributed by atoms with Crippen LogP contribution in [0.3, 0.4) is 0 Å². The Labute approximate surface area is 134 Å². The van der Waals surface area contributed by atoms with Crippen LogP contribution >= 0.6 is 0 Å². The second kappa shape index (κ2) is 7.09. The average Bonchev–Trinajstić information content (AvgIpc) is 3.15. The molecule has 0 bridgehead atoms. The van der Waals surface area contributed by atoms with Crippen molar-refractivity contribution >= 4 is 11.8 Å². The smallest absolute Gasteiger partial charge is 0.289 e. The van der Waals surface area contributed by atoms with Crippen LogP contribution in [0, 0.1) is 5.92 Å². The monoisotopic (exact) mass is 313 g/mol. The molecule has 2 aromatic heterocycles. The lowest BCUT2D eigenvalue weighted by molar-refractivity contribution is -0.126. The zero-order valence-corrected chi connectivity index (χ0v) is 12.8. The van der Waals surface area contributed by atoms with Crippen LogP contribution in [0.5, 0.6) is 0 Å². The molecule has 6 heteroatoms. The number of aromatic nitrogens is 1. The average molecular weight is 313 g/mol. The molecule has 1 saturated heterocycles. The molecule has 6 nitrogen and oxygen atoms in total. The van der Waals surface area contributed by atoms with E-state index in [0.717, 1.165) is 5.56 Å². The largest absolute Gasteiger partial charge is 0.459 e. The molecule has 0 aromatic carbocycles. The van der Waals surface area contributed by atoms with E-state index < -0.39 is 0 Å². The predicted octanol–water partition coefficient (Wildman–Crippen LogP) is 1.84. The van der Waals surface area contributed by atoms with E-state index in [1.54, 1.807) is 29.4 Å². The van der Waals surface area contributed by atoms with E-state index in [-0.39, 0.29) is 17.7 Å². The highest BCUT2D eigenvalue weighted by Crippen LogP contribution is 2.19. The van der Waals surface area contributed by atoms with Gasteiger partial charge in [-0.1, -0.05) is 0 Å². The molecule has 0 spiro atoms. The van der Waals surface area contributed by atoms with Crippen molar-refractivity contribution in [1.82, 2.24) is 15.2 Å². The summed E-state index contributed by atoms with van der Waals surface area (Å²) in [6.07, 6.45) is 6.26. The Kier molecular flexibility index (Phi) is 4.71. The highest BCUT2D eigenvalue weighted by atomic mass is 16.3. The first-order chi connectivity index (χ1) is 11.2. The fourth-order valence-electron chi connectivity index (χ4n) is 2.74. The first-order valence-corrected chi connectivity index (χ1v) is 7.73. The Balaban J connectivity index is 1.47. The Morgan fingerprint density at radius 2 is 1.96 bits per heavy atom. The molecule has 0 unspecified atom stereocenters. The molecule has 2 amide bonds. The number of hydrogen-bond donors (Lipinski definition) is 1. The lowest BCUT2D eigenvalue weighted by atomic mass is 9.95. The zero-order valence-electron chi connectivity index (χ0n) is 12.8. The summed E-state index contributed by atoms with van der Waals surface area (Å²) in [7, 11) is 0. The Morgan fingerprint density at radius 3 is 2.61 bits per heavy atom. The molecule has 3 rings (SSSR count). The predicted molar refractivity (Wildman–Crippen MR) is 83.4 cm³/mol. The van der Waals surface area contributed by atoms with Crippen molar-refractivity contribution < 1.29 is 14.0 Å². The summed E-state index contributed by atoms with van der Waals surface area (Å²) in [5.74, 6) is 0.251. The van der Waals surface area contributed by atoms with Gasteiger partial charge < -0.3 is 14.6 Å². The maximum atomic E-state index is 12.2. The minimum atomic E-state index is -0.106. The lowest BCUT2D eigenvalue weighted by Crippen LogP contribution is -2.42. The molecule has 2 aromatic rings. The first kappa shape index (κ1) is 15.3. The van der Waals surface area contributed by atoms with Crippen LogP contribution in [0.25, 0.3) is 0 Å². The van der Waals surface area contributed by atoms with E-state index in [4.69, 9.17) is 4.42 Å². The van der Waals surface area contributed by atoms with E-state index in [2.05, 4.69) is 10.3 Å². The van der Waals surface area contributed by atoms with Crippen LogP contribution < -0.4 is 5.32 Å². The third-order valence-electron chi connectivity index (χ3n) is 4.10. The van der Waals surface area contributed by atoms with Gasteiger partial charge in [-0.2, -0.15) is 0 Å². The number of furan rings is 1. The van der Waals surface area contributed by atoms with Gasteiger partial charge in [0.25, 0.3) is 5.91 Å². The molecule has 1 aliphatic heterocycles. The van der Waals surface area contributed by atoms with Crippen LogP contribution in [-0.4, -0.2) is 34.8 Å². The van der Waals surface area contributed by atoms with Crippen molar-refractivity contribution in [2.45, 2.75) is 19.4 Å². The Hall–Kier alpha value is -2.63. The first-order valence-electron chi connectivity index (χ1n) is 7.73. The van der Waals surface area contributed by atoms with Crippen molar-refractivity contribution in [3.63, 3.8) is 0 Å². The van der Waals surface area contributed by atoms with Crippen LogP contribution in [-0.2, 0) is 11.3 Å². The number of carbonyl (C=O) groups excluding carboxylic acids is 2. The molecule has 0 radical (unpaired) electrons. The number of piperidine rings is 1. The normalized spacial score (nSPS) is 15.4. The van der Waals surface area contributed by atoms with Gasteiger partial charge in [0.2, 0.25) is 5.91 Å². The molecule has 23 heavy (non-hydrogen) atoms. The van der Waals surface area contributed by atoms with Gasteiger partial charge in [0, 0.05) is 37.9 Å². The molecule has 120 valence electrons. The standard InChI is InChI=1S/C17H19N3O3/c21-16(19-12-13-3-7-18-8-4-13)14-5-9-20(10-6-14)17(22)15-2-1-11-23-15/h1-4,7-8,11,14H,5-6,9-10,12H2,(H,19,21).